The maximum absolute atomic E-state index is 12.9. The minimum absolute atomic E-state index is 0.135. The molecule has 0 spiro atoms. The Morgan fingerprint density at radius 3 is 2.30 bits per heavy atom. The summed E-state index contributed by atoms with van der Waals surface area (Å²) in [6.45, 7) is 1.22. The summed E-state index contributed by atoms with van der Waals surface area (Å²) < 4.78 is 40.0. The van der Waals surface area contributed by atoms with Crippen LogP contribution in [0.25, 0.3) is 0 Å². The number of hydrogen-bond donors (Lipinski definition) is 1. The second kappa shape index (κ2) is 6.57. The molecular formula is C16H21FN2O3S. The van der Waals surface area contributed by atoms with Crippen LogP contribution in [0.3, 0.4) is 0 Å². The van der Waals surface area contributed by atoms with Crippen molar-refractivity contribution >= 4 is 15.9 Å². The monoisotopic (exact) mass is 340 g/mol. The van der Waals surface area contributed by atoms with Gasteiger partial charge in [-0.3, -0.25) is 4.79 Å². The quantitative estimate of drug-likeness (QED) is 0.886. The second-order valence-corrected chi connectivity index (χ2v) is 8.13. The average molecular weight is 340 g/mol. The molecule has 0 radical (unpaired) electrons. The molecule has 1 saturated heterocycles. The van der Waals surface area contributed by atoms with Crippen LogP contribution in [-0.2, 0) is 20.6 Å². The van der Waals surface area contributed by atoms with Gasteiger partial charge in [-0.05, 0) is 43.4 Å². The van der Waals surface area contributed by atoms with Crippen LogP contribution < -0.4 is 4.72 Å². The van der Waals surface area contributed by atoms with Crippen LogP contribution in [0.2, 0.25) is 0 Å². The molecule has 1 aromatic rings. The third-order valence-corrected chi connectivity index (χ3v) is 5.76. The van der Waals surface area contributed by atoms with Crippen molar-refractivity contribution in [3.8, 4) is 0 Å². The number of likely N-dealkylation sites (tertiary alicyclic amines) is 1. The van der Waals surface area contributed by atoms with E-state index in [2.05, 4.69) is 4.72 Å². The van der Waals surface area contributed by atoms with Crippen molar-refractivity contribution in [3.05, 3.63) is 35.6 Å². The first-order valence-electron chi connectivity index (χ1n) is 7.96. The lowest BCUT2D eigenvalue weighted by Crippen LogP contribution is -2.47. The first-order valence-corrected chi connectivity index (χ1v) is 9.61. The molecule has 1 aromatic carbocycles. The Hall–Kier alpha value is -1.47. The Bertz CT molecular complexity index is 663. The Morgan fingerprint density at radius 1 is 1.13 bits per heavy atom. The normalized spacial score (nSPS) is 19.8. The molecule has 0 unspecified atom stereocenters. The van der Waals surface area contributed by atoms with E-state index in [0.717, 1.165) is 12.8 Å². The van der Waals surface area contributed by atoms with Gasteiger partial charge in [-0.15, -0.1) is 0 Å². The molecule has 1 saturated carbocycles. The number of carbonyl (C=O) groups is 1. The van der Waals surface area contributed by atoms with Crippen LogP contribution in [0, 0.1) is 11.7 Å². The SMILES string of the molecule is O=C(C1CC1)N1CCC(NS(=O)(=O)Cc2ccc(F)cc2)CC1. The summed E-state index contributed by atoms with van der Waals surface area (Å²) in [4.78, 5) is 13.8. The van der Waals surface area contributed by atoms with Gasteiger partial charge in [0.25, 0.3) is 0 Å². The van der Waals surface area contributed by atoms with E-state index in [1.807, 2.05) is 4.90 Å². The first-order chi connectivity index (χ1) is 10.9. The fraction of sp³-hybridized carbons (Fsp3) is 0.562. The Kier molecular flexibility index (Phi) is 4.68. The smallest absolute Gasteiger partial charge is 0.225 e. The van der Waals surface area contributed by atoms with Crippen LogP contribution in [0.4, 0.5) is 4.39 Å². The molecule has 1 aliphatic carbocycles. The van der Waals surface area contributed by atoms with E-state index in [1.54, 1.807) is 0 Å². The summed E-state index contributed by atoms with van der Waals surface area (Å²) in [5.74, 6) is -0.111. The molecule has 7 heteroatoms. The number of benzene rings is 1. The summed E-state index contributed by atoms with van der Waals surface area (Å²) in [5.41, 5.74) is 0.556. The number of sulfonamides is 1. The number of halogens is 1. The van der Waals surface area contributed by atoms with E-state index in [1.165, 1.54) is 24.3 Å². The molecule has 1 N–H and O–H groups in total. The Labute approximate surface area is 135 Å². The lowest BCUT2D eigenvalue weighted by Gasteiger charge is -2.32. The highest BCUT2D eigenvalue weighted by molar-refractivity contribution is 7.88. The number of hydrogen-bond acceptors (Lipinski definition) is 3. The molecule has 23 heavy (non-hydrogen) atoms. The van der Waals surface area contributed by atoms with Crippen molar-refractivity contribution in [1.82, 2.24) is 9.62 Å². The number of nitrogens with zero attached hydrogens (tertiary/aromatic N) is 1. The largest absolute Gasteiger partial charge is 0.342 e. The zero-order chi connectivity index (χ0) is 16.4. The lowest BCUT2D eigenvalue weighted by molar-refractivity contribution is -0.133. The molecule has 1 amide bonds. The van der Waals surface area contributed by atoms with Crippen LogP contribution >= 0.6 is 0 Å². The third kappa shape index (κ3) is 4.51. The minimum atomic E-state index is -3.46. The van der Waals surface area contributed by atoms with E-state index < -0.39 is 10.0 Å². The predicted molar refractivity (Wildman–Crippen MR) is 84.5 cm³/mol. The third-order valence-electron chi connectivity index (χ3n) is 4.35. The van der Waals surface area contributed by atoms with Crippen LogP contribution in [0.1, 0.15) is 31.2 Å². The van der Waals surface area contributed by atoms with Gasteiger partial charge in [-0.2, -0.15) is 0 Å². The van der Waals surface area contributed by atoms with E-state index in [4.69, 9.17) is 0 Å². The highest BCUT2D eigenvalue weighted by atomic mass is 32.2. The lowest BCUT2D eigenvalue weighted by atomic mass is 10.1. The number of amides is 1. The zero-order valence-electron chi connectivity index (χ0n) is 12.9. The topological polar surface area (TPSA) is 66.5 Å². The maximum Gasteiger partial charge on any atom is 0.225 e. The molecule has 0 aromatic heterocycles. The van der Waals surface area contributed by atoms with Crippen molar-refractivity contribution in [2.24, 2.45) is 5.92 Å². The van der Waals surface area contributed by atoms with Crippen molar-refractivity contribution in [1.29, 1.82) is 0 Å². The molecule has 126 valence electrons. The molecular weight excluding hydrogens is 319 g/mol. The zero-order valence-corrected chi connectivity index (χ0v) is 13.7. The second-order valence-electron chi connectivity index (χ2n) is 6.38. The summed E-state index contributed by atoms with van der Waals surface area (Å²) in [5, 5.41) is 0. The summed E-state index contributed by atoms with van der Waals surface area (Å²) in [6, 6.07) is 5.33. The number of nitrogens with one attached hydrogen (secondary N) is 1. The van der Waals surface area contributed by atoms with Gasteiger partial charge in [-0.25, -0.2) is 17.5 Å². The molecule has 2 aliphatic rings. The molecule has 0 atom stereocenters. The highest BCUT2D eigenvalue weighted by Crippen LogP contribution is 2.31. The van der Waals surface area contributed by atoms with Gasteiger partial charge < -0.3 is 4.90 Å². The van der Waals surface area contributed by atoms with Crippen LogP contribution in [0.5, 0.6) is 0 Å². The van der Waals surface area contributed by atoms with Gasteiger partial charge in [0.05, 0.1) is 5.75 Å². The molecule has 1 aliphatic heterocycles. The van der Waals surface area contributed by atoms with Crippen LogP contribution in [-0.4, -0.2) is 38.4 Å². The summed E-state index contributed by atoms with van der Waals surface area (Å²) in [7, 11) is -3.46. The van der Waals surface area contributed by atoms with E-state index in [9.17, 15) is 17.6 Å². The highest BCUT2D eigenvalue weighted by Gasteiger charge is 2.35. The van der Waals surface area contributed by atoms with E-state index >= 15 is 0 Å². The molecule has 2 fully saturated rings. The number of carbonyl (C=O) groups excluding carboxylic acids is 1. The standard InChI is InChI=1S/C16H21FN2O3S/c17-14-5-1-12(2-6-14)11-23(21,22)18-15-7-9-19(10-8-15)16(20)13-3-4-13/h1-2,5-6,13,15,18H,3-4,7-11H2. The van der Waals surface area contributed by atoms with Crippen molar-refractivity contribution in [2.45, 2.75) is 37.5 Å². The Morgan fingerprint density at radius 2 is 1.74 bits per heavy atom. The fourth-order valence-electron chi connectivity index (χ4n) is 2.90. The van der Waals surface area contributed by atoms with Crippen molar-refractivity contribution in [2.75, 3.05) is 13.1 Å². The van der Waals surface area contributed by atoms with Crippen molar-refractivity contribution < 1.29 is 17.6 Å². The minimum Gasteiger partial charge on any atom is -0.342 e. The van der Waals surface area contributed by atoms with Gasteiger partial charge in [0.1, 0.15) is 5.82 Å². The molecule has 1 heterocycles. The van der Waals surface area contributed by atoms with E-state index in [0.29, 0.717) is 31.5 Å². The molecule has 3 rings (SSSR count). The predicted octanol–water partition coefficient (Wildman–Crippen LogP) is 1.65. The average Bonchev–Trinajstić information content (AvgIpc) is 3.34. The first kappa shape index (κ1) is 16.4. The number of rotatable bonds is 5. The fourth-order valence-corrected chi connectivity index (χ4v) is 4.36. The summed E-state index contributed by atoms with van der Waals surface area (Å²) >= 11 is 0. The van der Waals surface area contributed by atoms with Crippen molar-refractivity contribution in [3.63, 3.8) is 0 Å². The van der Waals surface area contributed by atoms with E-state index in [-0.39, 0.29) is 29.4 Å². The Balaban J connectivity index is 1.50. The van der Waals surface area contributed by atoms with Gasteiger partial charge in [0, 0.05) is 25.0 Å². The maximum atomic E-state index is 12.9. The van der Waals surface area contributed by atoms with Gasteiger partial charge >= 0.3 is 0 Å². The van der Waals surface area contributed by atoms with Gasteiger partial charge in [0.15, 0.2) is 0 Å². The molecule has 5 nitrogen and oxygen atoms in total. The van der Waals surface area contributed by atoms with Gasteiger partial charge in [0.2, 0.25) is 15.9 Å². The van der Waals surface area contributed by atoms with Crippen LogP contribution in [0.15, 0.2) is 24.3 Å². The number of piperidine rings is 1. The summed E-state index contributed by atoms with van der Waals surface area (Å²) in [6.07, 6.45) is 3.26. The van der Waals surface area contributed by atoms with Gasteiger partial charge in [-0.1, -0.05) is 12.1 Å². The molecule has 0 bridgehead atoms.